The molecule has 0 amide bonds. The van der Waals surface area contributed by atoms with Crippen molar-refractivity contribution in [1.29, 1.82) is 0 Å². The van der Waals surface area contributed by atoms with Crippen LogP contribution in [0.1, 0.15) is 25.3 Å². The van der Waals surface area contributed by atoms with Crippen molar-refractivity contribution in [3.63, 3.8) is 0 Å². The van der Waals surface area contributed by atoms with Gasteiger partial charge in [-0.15, -0.1) is 0 Å². The highest BCUT2D eigenvalue weighted by atomic mass is 32.1. The molecule has 0 fully saturated rings. The molecule has 1 aliphatic rings. The van der Waals surface area contributed by atoms with Crippen molar-refractivity contribution >= 4 is 11.5 Å². The molecule has 0 saturated heterocycles. The Kier molecular flexibility index (Phi) is 2.58. The fourth-order valence-electron chi connectivity index (χ4n) is 2.15. The Morgan fingerprint density at radius 1 is 1.44 bits per heavy atom. The third-order valence-corrected chi connectivity index (χ3v) is 3.53. The maximum atomic E-state index is 4.43. The van der Waals surface area contributed by atoms with Gasteiger partial charge in [-0.25, -0.2) is 9.36 Å². The van der Waals surface area contributed by atoms with Gasteiger partial charge in [-0.1, -0.05) is 12.2 Å². The van der Waals surface area contributed by atoms with E-state index in [9.17, 15) is 0 Å². The maximum Gasteiger partial charge on any atom is 0.142 e. The van der Waals surface area contributed by atoms with Crippen molar-refractivity contribution in [3.8, 4) is 11.4 Å². The van der Waals surface area contributed by atoms with Gasteiger partial charge in [-0.3, -0.25) is 0 Å². The van der Waals surface area contributed by atoms with Crippen molar-refractivity contribution in [2.45, 2.75) is 25.3 Å². The van der Waals surface area contributed by atoms with Gasteiger partial charge in [-0.05, 0) is 30.8 Å². The quantitative estimate of drug-likeness (QED) is 0.742. The summed E-state index contributed by atoms with van der Waals surface area (Å²) in [6, 6.07) is 0.464. The molecule has 16 heavy (non-hydrogen) atoms. The van der Waals surface area contributed by atoms with E-state index in [1.807, 2.05) is 17.8 Å². The second-order valence-corrected chi connectivity index (χ2v) is 4.65. The lowest BCUT2D eigenvalue weighted by atomic mass is 10.0. The van der Waals surface area contributed by atoms with Crippen LogP contribution in [0, 0.1) is 0 Å². The van der Waals surface area contributed by atoms with Crippen molar-refractivity contribution in [3.05, 3.63) is 36.1 Å². The predicted molar refractivity (Wildman–Crippen MR) is 65.4 cm³/mol. The highest BCUT2D eigenvalue weighted by Crippen LogP contribution is 2.27. The van der Waals surface area contributed by atoms with Gasteiger partial charge in [0.15, 0.2) is 0 Å². The minimum Gasteiger partial charge on any atom is -0.324 e. The number of hydrogen-bond donors (Lipinski definition) is 0. The zero-order chi connectivity index (χ0) is 10.8. The number of hydrogen-bond acceptors (Lipinski definition) is 3. The monoisotopic (exact) mass is 231 g/mol. The molecule has 0 bridgehead atoms. The van der Waals surface area contributed by atoms with E-state index < -0.39 is 0 Å². The molecule has 0 N–H and O–H groups in total. The molecular formula is C12H13N3S. The highest BCUT2D eigenvalue weighted by molar-refractivity contribution is 7.03. The van der Waals surface area contributed by atoms with Gasteiger partial charge < -0.3 is 4.57 Å². The van der Waals surface area contributed by atoms with Crippen LogP contribution in [-0.2, 0) is 0 Å². The number of aromatic nitrogens is 3. The van der Waals surface area contributed by atoms with E-state index in [-0.39, 0.29) is 0 Å². The van der Waals surface area contributed by atoms with Crippen LogP contribution in [0.15, 0.2) is 36.1 Å². The summed E-state index contributed by atoms with van der Waals surface area (Å²) in [4.78, 5) is 4.43. The smallest absolute Gasteiger partial charge is 0.142 e. The molecule has 0 aromatic carbocycles. The Bertz CT molecular complexity index is 484. The van der Waals surface area contributed by atoms with Crippen LogP contribution in [0.3, 0.4) is 0 Å². The second-order valence-electron chi connectivity index (χ2n) is 4.00. The van der Waals surface area contributed by atoms with E-state index in [0.717, 1.165) is 11.4 Å². The number of imidazole rings is 1. The first kappa shape index (κ1) is 9.78. The average Bonchev–Trinajstić information content (AvgIpc) is 3.01. The fraction of sp³-hybridized carbons (Fsp3) is 0.333. The van der Waals surface area contributed by atoms with E-state index in [2.05, 4.69) is 32.3 Å². The summed E-state index contributed by atoms with van der Waals surface area (Å²) >= 11 is 1.47. The Morgan fingerprint density at radius 3 is 3.19 bits per heavy atom. The molecule has 3 rings (SSSR count). The largest absolute Gasteiger partial charge is 0.324 e. The lowest BCUT2D eigenvalue weighted by molar-refractivity contribution is 0.521. The van der Waals surface area contributed by atoms with Crippen molar-refractivity contribution in [2.24, 2.45) is 0 Å². The summed E-state index contributed by atoms with van der Waals surface area (Å²) in [7, 11) is 0. The zero-order valence-electron chi connectivity index (χ0n) is 8.91. The van der Waals surface area contributed by atoms with Crippen LogP contribution < -0.4 is 0 Å². The molecule has 0 radical (unpaired) electrons. The number of nitrogens with zero attached hydrogens (tertiary/aromatic N) is 3. The molecule has 1 atom stereocenters. The van der Waals surface area contributed by atoms with Crippen LogP contribution in [0.4, 0.5) is 0 Å². The van der Waals surface area contributed by atoms with Crippen LogP contribution in [0.25, 0.3) is 11.4 Å². The molecule has 2 heterocycles. The summed E-state index contributed by atoms with van der Waals surface area (Å²) in [6.07, 6.45) is 14.1. The highest BCUT2D eigenvalue weighted by Gasteiger charge is 2.15. The van der Waals surface area contributed by atoms with E-state index in [1.165, 1.54) is 30.8 Å². The molecule has 0 saturated carbocycles. The van der Waals surface area contributed by atoms with Crippen molar-refractivity contribution in [2.75, 3.05) is 0 Å². The summed E-state index contributed by atoms with van der Waals surface area (Å²) in [5, 5.41) is 2.05. The Morgan fingerprint density at radius 2 is 2.44 bits per heavy atom. The molecule has 2 aromatic heterocycles. The first-order chi connectivity index (χ1) is 7.95. The summed E-state index contributed by atoms with van der Waals surface area (Å²) in [5.41, 5.74) is 1.12. The minimum atomic E-state index is 0.464. The molecule has 1 aliphatic carbocycles. The van der Waals surface area contributed by atoms with E-state index in [0.29, 0.717) is 6.04 Å². The summed E-state index contributed by atoms with van der Waals surface area (Å²) in [6.45, 7) is 0. The predicted octanol–water partition coefficient (Wildman–Crippen LogP) is 3.29. The minimum absolute atomic E-state index is 0.464. The first-order valence-corrected chi connectivity index (χ1v) is 6.38. The molecular weight excluding hydrogens is 218 g/mol. The topological polar surface area (TPSA) is 30.7 Å². The fourth-order valence-corrected chi connectivity index (χ4v) is 2.66. The van der Waals surface area contributed by atoms with E-state index in [1.54, 1.807) is 0 Å². The molecule has 0 spiro atoms. The van der Waals surface area contributed by atoms with Crippen LogP contribution in [-0.4, -0.2) is 13.9 Å². The second kappa shape index (κ2) is 4.22. The molecule has 82 valence electrons. The Hall–Kier alpha value is -1.42. The van der Waals surface area contributed by atoms with Crippen LogP contribution >= 0.6 is 11.5 Å². The molecule has 3 nitrogen and oxygen atoms in total. The van der Waals surface area contributed by atoms with Crippen molar-refractivity contribution < 1.29 is 0 Å². The van der Waals surface area contributed by atoms with Gasteiger partial charge in [0.1, 0.15) is 5.82 Å². The summed E-state index contributed by atoms with van der Waals surface area (Å²) < 4.78 is 6.38. The maximum absolute atomic E-state index is 4.43. The van der Waals surface area contributed by atoms with Crippen molar-refractivity contribution in [1.82, 2.24) is 13.9 Å². The lowest BCUT2D eigenvalue weighted by Crippen LogP contribution is -2.09. The molecule has 1 unspecified atom stereocenters. The van der Waals surface area contributed by atoms with E-state index in [4.69, 9.17) is 0 Å². The Labute approximate surface area is 98.6 Å². The standard InChI is InChI=1S/C12H13N3S/c1-2-4-11(5-3-1)15-7-6-13-12(15)10-8-14-16-9-10/h2,4,6-9,11H,1,3,5H2. The Balaban J connectivity index is 1.99. The number of rotatable bonds is 2. The van der Waals surface area contributed by atoms with E-state index >= 15 is 0 Å². The van der Waals surface area contributed by atoms with Gasteiger partial charge in [-0.2, -0.15) is 0 Å². The number of allylic oxidation sites excluding steroid dienone is 2. The van der Waals surface area contributed by atoms with Gasteiger partial charge >= 0.3 is 0 Å². The van der Waals surface area contributed by atoms with Gasteiger partial charge in [0.2, 0.25) is 0 Å². The molecule has 2 aromatic rings. The average molecular weight is 231 g/mol. The van der Waals surface area contributed by atoms with Gasteiger partial charge in [0.05, 0.1) is 12.2 Å². The van der Waals surface area contributed by atoms with Gasteiger partial charge in [0.25, 0.3) is 0 Å². The first-order valence-electron chi connectivity index (χ1n) is 5.54. The zero-order valence-corrected chi connectivity index (χ0v) is 9.73. The third-order valence-electron chi connectivity index (χ3n) is 2.95. The van der Waals surface area contributed by atoms with Crippen LogP contribution in [0.2, 0.25) is 0 Å². The summed E-state index contributed by atoms with van der Waals surface area (Å²) in [5.74, 6) is 1.03. The normalized spacial score (nSPS) is 20.1. The lowest BCUT2D eigenvalue weighted by Gasteiger charge is -2.19. The molecule has 0 aliphatic heterocycles. The molecule has 4 heteroatoms. The third kappa shape index (κ3) is 1.69. The van der Waals surface area contributed by atoms with Gasteiger partial charge in [0, 0.05) is 23.3 Å². The SMILES string of the molecule is C1=CC(n2ccnc2-c2cnsc2)CCC1. The van der Waals surface area contributed by atoms with Crippen LogP contribution in [0.5, 0.6) is 0 Å².